The molecule has 1 saturated carbocycles. The van der Waals surface area contributed by atoms with Gasteiger partial charge >= 0.3 is 0 Å². The molecule has 6 nitrogen and oxygen atoms in total. The first-order chi connectivity index (χ1) is 12.8. The predicted octanol–water partition coefficient (Wildman–Crippen LogP) is 2.36. The summed E-state index contributed by atoms with van der Waals surface area (Å²) in [6.07, 6.45) is 4.17. The third-order valence-corrected chi connectivity index (χ3v) is 8.56. The Morgan fingerprint density at radius 2 is 1.89 bits per heavy atom. The van der Waals surface area contributed by atoms with Gasteiger partial charge in [0.15, 0.2) is 0 Å². The molecule has 0 bridgehead atoms. The normalized spacial score (nSPS) is 24.9. The first-order valence-corrected chi connectivity index (χ1v) is 11.3. The van der Waals surface area contributed by atoms with Crippen LogP contribution in [0, 0.1) is 0 Å². The number of benzene rings is 1. The Morgan fingerprint density at radius 3 is 2.52 bits per heavy atom. The molecule has 2 fully saturated rings. The SMILES string of the molecule is CN(C)C(=O)CC1CC2(CCN(S(=O)(=O)C3CC3)CC2)Oc2ccccc21. The highest BCUT2D eigenvalue weighted by Crippen LogP contribution is 2.47. The molecule has 3 aliphatic rings. The summed E-state index contributed by atoms with van der Waals surface area (Å²) in [5.74, 6) is 1.07. The third kappa shape index (κ3) is 3.59. The highest BCUT2D eigenvalue weighted by molar-refractivity contribution is 7.90. The summed E-state index contributed by atoms with van der Waals surface area (Å²) < 4.78 is 33.2. The molecule has 1 amide bonds. The Morgan fingerprint density at radius 1 is 1.22 bits per heavy atom. The number of fused-ring (bicyclic) bond motifs is 1. The van der Waals surface area contributed by atoms with Gasteiger partial charge in [-0.25, -0.2) is 12.7 Å². The van der Waals surface area contributed by atoms with Crippen LogP contribution < -0.4 is 4.74 Å². The van der Waals surface area contributed by atoms with Crippen molar-refractivity contribution in [3.05, 3.63) is 29.8 Å². The van der Waals surface area contributed by atoms with E-state index in [2.05, 4.69) is 0 Å². The molecular formula is C20H28N2O4S. The van der Waals surface area contributed by atoms with Crippen molar-refractivity contribution in [1.82, 2.24) is 9.21 Å². The number of carbonyl (C=O) groups is 1. The van der Waals surface area contributed by atoms with Crippen molar-refractivity contribution in [2.24, 2.45) is 0 Å². The minimum atomic E-state index is -3.13. The monoisotopic (exact) mass is 392 g/mol. The van der Waals surface area contributed by atoms with E-state index in [1.165, 1.54) is 0 Å². The zero-order valence-electron chi connectivity index (χ0n) is 16.1. The summed E-state index contributed by atoms with van der Waals surface area (Å²) in [5.41, 5.74) is 0.715. The maximum atomic E-state index is 12.5. The van der Waals surface area contributed by atoms with Crippen molar-refractivity contribution in [1.29, 1.82) is 0 Å². The number of carbonyl (C=O) groups excluding carboxylic acids is 1. The number of sulfonamides is 1. The minimum absolute atomic E-state index is 0.108. The van der Waals surface area contributed by atoms with Gasteiger partial charge in [0.1, 0.15) is 11.4 Å². The maximum Gasteiger partial charge on any atom is 0.222 e. The van der Waals surface area contributed by atoms with Crippen LogP contribution in [0.1, 0.15) is 50.0 Å². The van der Waals surface area contributed by atoms with E-state index >= 15 is 0 Å². The van der Waals surface area contributed by atoms with Gasteiger partial charge in [0, 0.05) is 52.4 Å². The highest BCUT2D eigenvalue weighted by Gasteiger charge is 2.48. The molecule has 4 rings (SSSR count). The average molecular weight is 393 g/mol. The van der Waals surface area contributed by atoms with Crippen molar-refractivity contribution in [2.45, 2.75) is 55.3 Å². The molecule has 7 heteroatoms. The second-order valence-corrected chi connectivity index (χ2v) is 10.6. The fourth-order valence-corrected chi connectivity index (χ4v) is 6.20. The summed E-state index contributed by atoms with van der Waals surface area (Å²) in [4.78, 5) is 14.0. The van der Waals surface area contributed by atoms with Crippen molar-refractivity contribution < 1.29 is 17.9 Å². The smallest absolute Gasteiger partial charge is 0.222 e. The van der Waals surface area contributed by atoms with Crippen LogP contribution in [-0.2, 0) is 14.8 Å². The van der Waals surface area contributed by atoms with Crippen LogP contribution in [-0.4, -0.2) is 61.6 Å². The fourth-order valence-electron chi connectivity index (χ4n) is 4.35. The number of hydrogen-bond acceptors (Lipinski definition) is 4. The zero-order valence-corrected chi connectivity index (χ0v) is 16.9. The van der Waals surface area contributed by atoms with Gasteiger partial charge in [-0.2, -0.15) is 0 Å². The molecule has 1 aliphatic carbocycles. The van der Waals surface area contributed by atoms with E-state index in [0.717, 1.165) is 30.6 Å². The second kappa shape index (κ2) is 6.78. The third-order valence-electron chi connectivity index (χ3n) is 6.16. The Hall–Kier alpha value is -1.60. The predicted molar refractivity (Wildman–Crippen MR) is 103 cm³/mol. The topological polar surface area (TPSA) is 66.9 Å². The summed E-state index contributed by atoms with van der Waals surface area (Å²) in [6.45, 7) is 1.02. The lowest BCUT2D eigenvalue weighted by molar-refractivity contribution is -0.129. The van der Waals surface area contributed by atoms with Crippen LogP contribution in [0.4, 0.5) is 0 Å². The lowest BCUT2D eigenvalue weighted by Gasteiger charge is -2.46. The van der Waals surface area contributed by atoms with Gasteiger partial charge in [0.25, 0.3) is 0 Å². The molecule has 0 aromatic heterocycles. The number of ether oxygens (including phenoxy) is 1. The van der Waals surface area contributed by atoms with Gasteiger partial charge < -0.3 is 9.64 Å². The number of nitrogens with zero attached hydrogens (tertiary/aromatic N) is 2. The van der Waals surface area contributed by atoms with E-state index < -0.39 is 10.0 Å². The van der Waals surface area contributed by atoms with Gasteiger partial charge in [-0.15, -0.1) is 0 Å². The number of piperidine rings is 1. The largest absolute Gasteiger partial charge is 0.487 e. The fraction of sp³-hybridized carbons (Fsp3) is 0.650. The summed E-state index contributed by atoms with van der Waals surface area (Å²) in [6, 6.07) is 7.95. The van der Waals surface area contributed by atoms with Crippen molar-refractivity contribution in [2.75, 3.05) is 27.2 Å². The molecule has 1 unspecified atom stereocenters. The minimum Gasteiger partial charge on any atom is -0.487 e. The molecule has 1 spiro atoms. The molecular weight excluding hydrogens is 364 g/mol. The summed E-state index contributed by atoms with van der Waals surface area (Å²) in [5, 5.41) is -0.162. The zero-order chi connectivity index (χ0) is 19.2. The van der Waals surface area contributed by atoms with E-state index in [4.69, 9.17) is 4.74 Å². The molecule has 1 aromatic carbocycles. The van der Waals surface area contributed by atoms with Gasteiger partial charge in [-0.05, 0) is 30.9 Å². The Labute approximate surface area is 161 Å². The van der Waals surface area contributed by atoms with Gasteiger partial charge in [-0.1, -0.05) is 18.2 Å². The lowest BCUT2D eigenvalue weighted by atomic mass is 9.76. The van der Waals surface area contributed by atoms with Crippen LogP contribution in [0.15, 0.2) is 24.3 Å². The maximum absolute atomic E-state index is 12.5. The molecule has 1 aromatic rings. The van der Waals surface area contributed by atoms with E-state index in [1.54, 1.807) is 23.3 Å². The van der Waals surface area contributed by atoms with E-state index in [0.29, 0.717) is 32.4 Å². The standard InChI is InChI=1S/C20H28N2O4S/c1-21(2)19(23)13-15-14-20(26-18-6-4-3-5-17(15)18)9-11-22(12-10-20)27(24,25)16-7-8-16/h3-6,15-16H,7-14H2,1-2H3. The Bertz CT molecular complexity index is 824. The lowest BCUT2D eigenvalue weighted by Crippen LogP contribution is -2.52. The quantitative estimate of drug-likeness (QED) is 0.789. The van der Waals surface area contributed by atoms with E-state index in [1.807, 2.05) is 24.3 Å². The van der Waals surface area contributed by atoms with Crippen molar-refractivity contribution >= 4 is 15.9 Å². The number of amides is 1. The first kappa shape index (κ1) is 18.7. The summed E-state index contributed by atoms with van der Waals surface area (Å²) >= 11 is 0. The average Bonchev–Trinajstić information content (AvgIpc) is 3.47. The second-order valence-electron chi connectivity index (χ2n) is 8.36. The molecule has 2 aliphatic heterocycles. The molecule has 1 atom stereocenters. The molecule has 27 heavy (non-hydrogen) atoms. The van der Waals surface area contributed by atoms with Crippen molar-refractivity contribution in [3.63, 3.8) is 0 Å². The van der Waals surface area contributed by atoms with E-state index in [9.17, 15) is 13.2 Å². The summed E-state index contributed by atoms with van der Waals surface area (Å²) in [7, 11) is 0.433. The molecule has 1 saturated heterocycles. The van der Waals surface area contributed by atoms with Crippen LogP contribution in [0.3, 0.4) is 0 Å². The van der Waals surface area contributed by atoms with Crippen molar-refractivity contribution in [3.8, 4) is 5.75 Å². The Kier molecular flexibility index (Phi) is 4.71. The van der Waals surface area contributed by atoms with Crippen LogP contribution in [0.2, 0.25) is 0 Å². The number of para-hydroxylation sites is 1. The first-order valence-electron chi connectivity index (χ1n) is 9.78. The molecule has 0 N–H and O–H groups in total. The van der Waals surface area contributed by atoms with Crippen LogP contribution in [0.5, 0.6) is 5.75 Å². The molecule has 148 valence electrons. The van der Waals surface area contributed by atoms with Gasteiger partial charge in [0.2, 0.25) is 15.9 Å². The highest BCUT2D eigenvalue weighted by atomic mass is 32.2. The van der Waals surface area contributed by atoms with Crippen LogP contribution >= 0.6 is 0 Å². The molecule has 0 radical (unpaired) electrons. The van der Waals surface area contributed by atoms with Gasteiger partial charge in [0.05, 0.1) is 5.25 Å². The van der Waals surface area contributed by atoms with E-state index in [-0.39, 0.29) is 22.7 Å². The number of hydrogen-bond donors (Lipinski definition) is 0. The molecule has 2 heterocycles. The Balaban J connectivity index is 1.53. The van der Waals surface area contributed by atoms with Crippen LogP contribution in [0.25, 0.3) is 0 Å². The number of rotatable bonds is 4. The van der Waals surface area contributed by atoms with Gasteiger partial charge in [-0.3, -0.25) is 4.79 Å².